The molecule has 0 aromatic rings. The molecule has 98 valence electrons. The van der Waals surface area contributed by atoms with Gasteiger partial charge in [-0.05, 0) is 27.0 Å². The van der Waals surface area contributed by atoms with E-state index >= 15 is 0 Å². The molecule has 4 amide bonds. The number of amides is 4. The highest BCUT2D eigenvalue weighted by Crippen LogP contribution is 2.01. The SMILES string of the molecule is CSC(=NC(=O)NC(C)(C)C)NC(=O)NCF. The van der Waals surface area contributed by atoms with E-state index in [2.05, 4.69) is 15.6 Å². The zero-order chi connectivity index (χ0) is 13.5. The average molecular weight is 264 g/mol. The minimum Gasteiger partial charge on any atom is -0.332 e. The number of urea groups is 2. The van der Waals surface area contributed by atoms with Crippen molar-refractivity contribution in [3.8, 4) is 0 Å². The van der Waals surface area contributed by atoms with Gasteiger partial charge in [-0.2, -0.15) is 4.99 Å². The number of hydrogen-bond acceptors (Lipinski definition) is 3. The number of carbonyl (C=O) groups excluding carboxylic acids is 2. The Kier molecular flexibility index (Phi) is 6.55. The highest BCUT2D eigenvalue weighted by atomic mass is 32.2. The standard InChI is InChI=1S/C9H17FN4O2S/c1-9(2,3)14-7(16)13-8(17-4)12-6(15)11-5-10/h5H2,1-4H3,(H3,11,12,13,14,15,16). The van der Waals surface area contributed by atoms with Gasteiger partial charge in [-0.1, -0.05) is 11.8 Å². The van der Waals surface area contributed by atoms with E-state index in [-0.39, 0.29) is 5.17 Å². The van der Waals surface area contributed by atoms with Crippen LogP contribution in [0.5, 0.6) is 0 Å². The second-order valence-electron chi connectivity index (χ2n) is 4.07. The highest BCUT2D eigenvalue weighted by Gasteiger charge is 2.14. The molecule has 0 aliphatic carbocycles. The Balaban J connectivity index is 4.44. The Morgan fingerprint density at radius 3 is 2.35 bits per heavy atom. The first kappa shape index (κ1) is 15.7. The van der Waals surface area contributed by atoms with Crippen molar-refractivity contribution in [2.24, 2.45) is 4.99 Å². The molecule has 6 nitrogen and oxygen atoms in total. The molecule has 17 heavy (non-hydrogen) atoms. The molecule has 0 spiro atoms. The molecule has 0 bridgehead atoms. The quantitative estimate of drug-likeness (QED) is 0.381. The van der Waals surface area contributed by atoms with Crippen molar-refractivity contribution in [1.29, 1.82) is 0 Å². The predicted octanol–water partition coefficient (Wildman–Crippen LogP) is 1.44. The first-order valence-electron chi connectivity index (χ1n) is 4.84. The molecule has 8 heteroatoms. The van der Waals surface area contributed by atoms with Gasteiger partial charge in [0.05, 0.1) is 0 Å². The monoisotopic (exact) mass is 264 g/mol. The molecule has 0 fully saturated rings. The number of halogens is 1. The lowest BCUT2D eigenvalue weighted by molar-refractivity contribution is 0.240. The number of thioether (sulfide) groups is 1. The van der Waals surface area contributed by atoms with Crippen molar-refractivity contribution in [3.63, 3.8) is 0 Å². The van der Waals surface area contributed by atoms with Gasteiger partial charge in [0.15, 0.2) is 12.0 Å². The molecule has 0 rings (SSSR count). The van der Waals surface area contributed by atoms with Crippen molar-refractivity contribution in [1.82, 2.24) is 16.0 Å². The van der Waals surface area contributed by atoms with Crippen molar-refractivity contribution < 1.29 is 14.0 Å². The summed E-state index contributed by atoms with van der Waals surface area (Å²) in [4.78, 5) is 26.0. The van der Waals surface area contributed by atoms with Crippen LogP contribution in [0.3, 0.4) is 0 Å². The number of alkyl halides is 1. The number of hydrogen-bond donors (Lipinski definition) is 3. The van der Waals surface area contributed by atoms with Crippen LogP contribution in [0.25, 0.3) is 0 Å². The predicted molar refractivity (Wildman–Crippen MR) is 66.9 cm³/mol. The molecular formula is C9H17FN4O2S. The highest BCUT2D eigenvalue weighted by molar-refractivity contribution is 8.13. The molecule has 0 aliphatic rings. The number of amidine groups is 1. The molecule has 0 heterocycles. The Hall–Kier alpha value is -1.31. The molecule has 3 N–H and O–H groups in total. The molecule has 0 aromatic carbocycles. The molecular weight excluding hydrogens is 247 g/mol. The summed E-state index contributed by atoms with van der Waals surface area (Å²) in [6, 6.07) is -1.31. The minimum absolute atomic E-state index is 0.0951. The van der Waals surface area contributed by atoms with E-state index in [1.54, 1.807) is 6.26 Å². The molecule has 0 aliphatic heterocycles. The van der Waals surface area contributed by atoms with Crippen LogP contribution in [-0.2, 0) is 0 Å². The first-order chi connectivity index (χ1) is 7.78. The number of aliphatic imine (C=N–C) groups is 1. The fourth-order valence-corrected chi connectivity index (χ4v) is 1.14. The summed E-state index contributed by atoms with van der Waals surface area (Å²) in [5.74, 6) is 0. The van der Waals surface area contributed by atoms with E-state index < -0.39 is 24.4 Å². The topological polar surface area (TPSA) is 82.6 Å². The second-order valence-corrected chi connectivity index (χ2v) is 4.86. The van der Waals surface area contributed by atoms with E-state index in [1.807, 2.05) is 26.1 Å². The van der Waals surface area contributed by atoms with Gasteiger partial charge in [-0.3, -0.25) is 5.32 Å². The van der Waals surface area contributed by atoms with Crippen LogP contribution in [0.4, 0.5) is 14.0 Å². The normalized spacial score (nSPS) is 11.9. The van der Waals surface area contributed by atoms with E-state index in [4.69, 9.17) is 0 Å². The largest absolute Gasteiger partial charge is 0.343 e. The van der Waals surface area contributed by atoms with Crippen molar-refractivity contribution in [3.05, 3.63) is 0 Å². The smallest absolute Gasteiger partial charge is 0.332 e. The lowest BCUT2D eigenvalue weighted by atomic mass is 10.1. The number of nitrogens with one attached hydrogen (secondary N) is 3. The third-order valence-electron chi connectivity index (χ3n) is 1.33. The van der Waals surface area contributed by atoms with Crippen LogP contribution in [0.15, 0.2) is 4.99 Å². The van der Waals surface area contributed by atoms with Crippen LogP contribution < -0.4 is 16.0 Å². The maximum atomic E-state index is 11.8. The Morgan fingerprint density at radius 1 is 1.35 bits per heavy atom. The zero-order valence-corrected chi connectivity index (χ0v) is 11.1. The average Bonchev–Trinajstić information content (AvgIpc) is 2.13. The van der Waals surface area contributed by atoms with Gasteiger partial charge in [-0.25, -0.2) is 14.0 Å². The second kappa shape index (κ2) is 7.10. The number of nitrogens with zero attached hydrogens (tertiary/aromatic N) is 1. The van der Waals surface area contributed by atoms with Gasteiger partial charge < -0.3 is 10.6 Å². The summed E-state index contributed by atoms with van der Waals surface area (Å²) in [7, 11) is 0. The Bertz CT molecular complexity index is 315. The third kappa shape index (κ3) is 8.49. The van der Waals surface area contributed by atoms with Gasteiger partial charge >= 0.3 is 12.1 Å². The molecule has 0 radical (unpaired) electrons. The molecule has 0 saturated carbocycles. The Morgan fingerprint density at radius 2 is 1.94 bits per heavy atom. The van der Waals surface area contributed by atoms with Gasteiger partial charge in [0.2, 0.25) is 0 Å². The Labute approximate surface area is 104 Å². The summed E-state index contributed by atoms with van der Waals surface area (Å²) in [5.41, 5.74) is -0.411. The van der Waals surface area contributed by atoms with Crippen LogP contribution in [0.1, 0.15) is 20.8 Å². The third-order valence-corrected chi connectivity index (χ3v) is 1.91. The fraction of sp³-hybridized carbons (Fsp3) is 0.667. The van der Waals surface area contributed by atoms with E-state index in [1.165, 1.54) is 0 Å². The summed E-state index contributed by atoms with van der Waals surface area (Å²) in [6.07, 6.45) is 1.64. The van der Waals surface area contributed by atoms with Gasteiger partial charge in [0.1, 0.15) is 0 Å². The van der Waals surface area contributed by atoms with Gasteiger partial charge in [-0.15, -0.1) is 0 Å². The van der Waals surface area contributed by atoms with Gasteiger partial charge in [0, 0.05) is 5.54 Å². The van der Waals surface area contributed by atoms with E-state index in [0.717, 1.165) is 11.8 Å². The van der Waals surface area contributed by atoms with Crippen LogP contribution >= 0.6 is 11.8 Å². The summed E-state index contributed by atoms with van der Waals surface area (Å²) >= 11 is 1.07. The minimum atomic E-state index is -0.984. The van der Waals surface area contributed by atoms with Crippen LogP contribution in [0, 0.1) is 0 Å². The number of carbonyl (C=O) groups is 2. The maximum Gasteiger partial charge on any atom is 0.343 e. The number of rotatable bonds is 1. The lowest BCUT2D eigenvalue weighted by Crippen LogP contribution is -2.41. The fourth-order valence-electron chi connectivity index (χ4n) is 0.768. The lowest BCUT2D eigenvalue weighted by Gasteiger charge is -2.18. The van der Waals surface area contributed by atoms with E-state index in [0.29, 0.717) is 0 Å². The molecule has 0 saturated heterocycles. The summed E-state index contributed by atoms with van der Waals surface area (Å²) in [6.45, 7) is 4.44. The zero-order valence-electron chi connectivity index (χ0n) is 10.3. The molecule has 0 aromatic heterocycles. The first-order valence-corrected chi connectivity index (χ1v) is 6.06. The molecule has 0 unspecified atom stereocenters. The summed E-state index contributed by atoms with van der Waals surface area (Å²) in [5, 5.41) is 6.83. The van der Waals surface area contributed by atoms with Crippen molar-refractivity contribution in [2.75, 3.05) is 13.1 Å². The van der Waals surface area contributed by atoms with Crippen LogP contribution in [0.2, 0.25) is 0 Å². The summed E-state index contributed by atoms with van der Waals surface area (Å²) < 4.78 is 11.8. The molecule has 0 atom stereocenters. The maximum absolute atomic E-state index is 11.8. The van der Waals surface area contributed by atoms with Crippen LogP contribution in [-0.4, -0.2) is 35.8 Å². The van der Waals surface area contributed by atoms with E-state index in [9.17, 15) is 14.0 Å². The van der Waals surface area contributed by atoms with Crippen molar-refractivity contribution in [2.45, 2.75) is 26.3 Å². The van der Waals surface area contributed by atoms with Crippen molar-refractivity contribution >= 4 is 29.0 Å². The van der Waals surface area contributed by atoms with Gasteiger partial charge in [0.25, 0.3) is 0 Å².